The van der Waals surface area contributed by atoms with Crippen molar-refractivity contribution in [1.82, 2.24) is 0 Å². The van der Waals surface area contributed by atoms with Crippen molar-refractivity contribution in [3.63, 3.8) is 0 Å². The van der Waals surface area contributed by atoms with Crippen LogP contribution in [0, 0.1) is 6.92 Å². The number of halogens is 1. The van der Waals surface area contributed by atoms with Crippen LogP contribution in [0.4, 0.5) is 5.69 Å². The quantitative estimate of drug-likeness (QED) is 0.834. The number of carbonyl (C=O) groups is 1. The molecule has 19 heavy (non-hydrogen) atoms. The number of hydrogen-bond acceptors (Lipinski definition) is 2. The maximum atomic E-state index is 11.9. The largest absolute Gasteiger partial charge is 0.324 e. The van der Waals surface area contributed by atoms with Gasteiger partial charge in [0.15, 0.2) is 0 Å². The lowest BCUT2D eigenvalue weighted by atomic mass is 10.2. The van der Waals surface area contributed by atoms with Gasteiger partial charge in [-0.25, -0.2) is 0 Å². The van der Waals surface area contributed by atoms with Crippen LogP contribution in [-0.2, 0) is 4.79 Å². The van der Waals surface area contributed by atoms with Gasteiger partial charge in [-0.3, -0.25) is 4.79 Å². The van der Waals surface area contributed by atoms with Crippen LogP contribution >= 0.6 is 27.7 Å². The Balaban J connectivity index is 1.88. The van der Waals surface area contributed by atoms with Crippen molar-refractivity contribution in [2.75, 3.05) is 11.1 Å². The van der Waals surface area contributed by atoms with Gasteiger partial charge < -0.3 is 5.32 Å². The molecule has 0 spiro atoms. The molecule has 0 saturated carbocycles. The van der Waals surface area contributed by atoms with Crippen molar-refractivity contribution in [3.8, 4) is 0 Å². The van der Waals surface area contributed by atoms with E-state index >= 15 is 0 Å². The lowest BCUT2D eigenvalue weighted by Gasteiger charge is -2.07. The third-order valence-electron chi connectivity index (χ3n) is 2.54. The second-order valence-corrected chi connectivity index (χ2v) is 6.03. The number of benzene rings is 2. The molecule has 0 unspecified atom stereocenters. The van der Waals surface area contributed by atoms with Crippen LogP contribution in [0.15, 0.2) is 57.9 Å². The van der Waals surface area contributed by atoms with Gasteiger partial charge >= 0.3 is 0 Å². The fourth-order valence-corrected chi connectivity index (χ4v) is 2.61. The number of nitrogens with one attached hydrogen (secondary N) is 1. The first-order chi connectivity index (χ1) is 9.15. The summed E-state index contributed by atoms with van der Waals surface area (Å²) >= 11 is 4.94. The highest BCUT2D eigenvalue weighted by Crippen LogP contribution is 2.22. The number of anilines is 1. The number of aryl methyl sites for hydroxylation is 1. The Morgan fingerprint density at radius 3 is 2.53 bits per heavy atom. The van der Waals surface area contributed by atoms with E-state index in [2.05, 4.69) is 21.2 Å². The van der Waals surface area contributed by atoms with Crippen LogP contribution in [0.5, 0.6) is 0 Å². The molecule has 2 aromatic rings. The molecule has 0 aliphatic carbocycles. The second-order valence-electron chi connectivity index (χ2n) is 4.13. The Bertz CT molecular complexity index is 569. The molecule has 0 radical (unpaired) electrons. The minimum absolute atomic E-state index is 0.00234. The molecule has 0 aliphatic rings. The first kappa shape index (κ1) is 14.2. The third kappa shape index (κ3) is 4.40. The minimum atomic E-state index is -0.00234. The first-order valence-electron chi connectivity index (χ1n) is 5.89. The molecule has 0 atom stereocenters. The summed E-state index contributed by atoms with van der Waals surface area (Å²) in [5.41, 5.74) is 2.03. The lowest BCUT2D eigenvalue weighted by molar-refractivity contribution is -0.113. The van der Waals surface area contributed by atoms with E-state index in [1.54, 1.807) is 0 Å². The van der Waals surface area contributed by atoms with Gasteiger partial charge in [0, 0.05) is 9.37 Å². The zero-order valence-corrected chi connectivity index (χ0v) is 12.9. The van der Waals surface area contributed by atoms with Crippen molar-refractivity contribution >= 4 is 39.3 Å². The smallest absolute Gasteiger partial charge is 0.234 e. The number of para-hydroxylation sites is 1. The fourth-order valence-electron chi connectivity index (χ4n) is 1.53. The van der Waals surface area contributed by atoms with E-state index < -0.39 is 0 Å². The Morgan fingerprint density at radius 1 is 1.16 bits per heavy atom. The molecule has 0 heterocycles. The van der Waals surface area contributed by atoms with Crippen molar-refractivity contribution in [1.29, 1.82) is 0 Å². The van der Waals surface area contributed by atoms with Gasteiger partial charge in [-0.1, -0.05) is 29.8 Å². The Hall–Kier alpha value is -1.26. The Labute approximate surface area is 125 Å². The molecule has 98 valence electrons. The predicted octanol–water partition coefficient (Wildman–Crippen LogP) is 4.49. The lowest BCUT2D eigenvalue weighted by Crippen LogP contribution is -2.14. The van der Waals surface area contributed by atoms with Gasteiger partial charge in [0.2, 0.25) is 5.91 Å². The van der Waals surface area contributed by atoms with Crippen LogP contribution in [-0.4, -0.2) is 11.7 Å². The van der Waals surface area contributed by atoms with Crippen LogP contribution in [0.2, 0.25) is 0 Å². The molecule has 2 aromatic carbocycles. The van der Waals surface area contributed by atoms with Crippen molar-refractivity contribution in [2.24, 2.45) is 0 Å². The van der Waals surface area contributed by atoms with Gasteiger partial charge in [0.25, 0.3) is 0 Å². The van der Waals surface area contributed by atoms with Crippen LogP contribution in [0.3, 0.4) is 0 Å². The SMILES string of the molecule is Cc1ccc(SCC(=O)Nc2ccccc2Br)cc1. The number of rotatable bonds is 4. The monoisotopic (exact) mass is 335 g/mol. The molecule has 1 N–H and O–H groups in total. The van der Waals surface area contributed by atoms with Crippen molar-refractivity contribution in [3.05, 3.63) is 58.6 Å². The zero-order chi connectivity index (χ0) is 13.7. The predicted molar refractivity (Wildman–Crippen MR) is 84.7 cm³/mol. The van der Waals surface area contributed by atoms with Gasteiger partial charge in [0.1, 0.15) is 0 Å². The van der Waals surface area contributed by atoms with Gasteiger partial charge in [0.05, 0.1) is 11.4 Å². The number of thioether (sulfide) groups is 1. The van der Waals surface area contributed by atoms with E-state index in [1.165, 1.54) is 17.3 Å². The molecule has 0 aliphatic heterocycles. The number of hydrogen-bond donors (Lipinski definition) is 1. The van der Waals surface area contributed by atoms with E-state index in [0.29, 0.717) is 5.75 Å². The van der Waals surface area contributed by atoms with Gasteiger partial charge in [-0.15, -0.1) is 11.8 Å². The summed E-state index contributed by atoms with van der Waals surface area (Å²) in [5, 5.41) is 2.89. The first-order valence-corrected chi connectivity index (χ1v) is 7.67. The van der Waals surface area contributed by atoms with Crippen molar-refractivity contribution in [2.45, 2.75) is 11.8 Å². The maximum absolute atomic E-state index is 11.9. The van der Waals surface area contributed by atoms with E-state index in [1.807, 2.05) is 55.5 Å². The van der Waals surface area contributed by atoms with Crippen LogP contribution in [0.25, 0.3) is 0 Å². The van der Waals surface area contributed by atoms with Crippen LogP contribution < -0.4 is 5.32 Å². The summed E-state index contributed by atoms with van der Waals surface area (Å²) in [7, 11) is 0. The van der Waals surface area contributed by atoms with E-state index in [-0.39, 0.29) is 5.91 Å². The van der Waals surface area contributed by atoms with E-state index in [9.17, 15) is 4.79 Å². The summed E-state index contributed by atoms with van der Waals surface area (Å²) in [6.07, 6.45) is 0. The highest BCUT2D eigenvalue weighted by atomic mass is 79.9. The Morgan fingerprint density at radius 2 is 1.84 bits per heavy atom. The molecule has 1 amide bonds. The number of carbonyl (C=O) groups excluding carboxylic acids is 1. The van der Waals surface area contributed by atoms with Crippen LogP contribution in [0.1, 0.15) is 5.56 Å². The average Bonchev–Trinajstić information content (AvgIpc) is 2.41. The average molecular weight is 336 g/mol. The van der Waals surface area contributed by atoms with E-state index in [4.69, 9.17) is 0 Å². The molecular weight excluding hydrogens is 322 g/mol. The standard InChI is InChI=1S/C15H14BrNOS/c1-11-6-8-12(9-7-11)19-10-15(18)17-14-5-3-2-4-13(14)16/h2-9H,10H2,1H3,(H,17,18). The summed E-state index contributed by atoms with van der Waals surface area (Å²) in [4.78, 5) is 13.0. The molecule has 0 aromatic heterocycles. The second kappa shape index (κ2) is 6.78. The van der Waals surface area contributed by atoms with Gasteiger partial charge in [-0.2, -0.15) is 0 Å². The van der Waals surface area contributed by atoms with Crippen molar-refractivity contribution < 1.29 is 4.79 Å². The molecule has 2 nitrogen and oxygen atoms in total. The molecule has 0 bridgehead atoms. The maximum Gasteiger partial charge on any atom is 0.234 e. The van der Waals surface area contributed by atoms with E-state index in [0.717, 1.165) is 15.1 Å². The highest BCUT2D eigenvalue weighted by molar-refractivity contribution is 9.10. The summed E-state index contributed by atoms with van der Waals surface area (Å²) in [6.45, 7) is 2.05. The summed E-state index contributed by atoms with van der Waals surface area (Å²) in [6, 6.07) is 15.8. The molecule has 4 heteroatoms. The third-order valence-corrected chi connectivity index (χ3v) is 4.24. The molecule has 0 saturated heterocycles. The minimum Gasteiger partial charge on any atom is -0.324 e. The zero-order valence-electron chi connectivity index (χ0n) is 10.5. The molecule has 0 fully saturated rings. The highest BCUT2D eigenvalue weighted by Gasteiger charge is 2.05. The number of amides is 1. The fraction of sp³-hybridized carbons (Fsp3) is 0.133. The molecular formula is C15H14BrNOS. The normalized spacial score (nSPS) is 10.2. The summed E-state index contributed by atoms with van der Waals surface area (Å²) in [5.74, 6) is 0.405. The summed E-state index contributed by atoms with van der Waals surface area (Å²) < 4.78 is 0.892. The Kier molecular flexibility index (Phi) is 5.05. The topological polar surface area (TPSA) is 29.1 Å². The molecule has 2 rings (SSSR count). The van der Waals surface area contributed by atoms with Gasteiger partial charge in [-0.05, 0) is 47.1 Å².